The van der Waals surface area contributed by atoms with Gasteiger partial charge in [0.25, 0.3) is 0 Å². The van der Waals surface area contributed by atoms with Gasteiger partial charge in [0.2, 0.25) is 0 Å². The van der Waals surface area contributed by atoms with E-state index >= 15 is 0 Å². The van der Waals surface area contributed by atoms with Gasteiger partial charge in [-0.1, -0.05) is 0 Å². The molecule has 1 rings (SSSR count). The van der Waals surface area contributed by atoms with Crippen molar-refractivity contribution in [3.05, 3.63) is 24.0 Å². The summed E-state index contributed by atoms with van der Waals surface area (Å²) in [5.74, 6) is 0.839. The molecular formula is C16H28N2O3. The van der Waals surface area contributed by atoms with Crippen LogP contribution in [0.15, 0.2) is 18.5 Å². The van der Waals surface area contributed by atoms with Gasteiger partial charge in [-0.05, 0) is 26.8 Å². The van der Waals surface area contributed by atoms with Crippen LogP contribution in [0.3, 0.4) is 0 Å². The van der Waals surface area contributed by atoms with Crippen molar-refractivity contribution in [3.63, 3.8) is 0 Å². The van der Waals surface area contributed by atoms with Gasteiger partial charge < -0.3 is 19.5 Å². The largest absolute Gasteiger partial charge is 0.492 e. The van der Waals surface area contributed by atoms with Crippen molar-refractivity contribution < 1.29 is 14.2 Å². The molecule has 21 heavy (non-hydrogen) atoms. The number of aromatic nitrogens is 1. The second kappa shape index (κ2) is 9.71. The zero-order valence-electron chi connectivity index (χ0n) is 13.6. The molecule has 0 saturated heterocycles. The number of methoxy groups -OCH3 is 1. The molecule has 1 N–H and O–H groups in total. The Morgan fingerprint density at radius 3 is 2.67 bits per heavy atom. The second-order valence-corrected chi connectivity index (χ2v) is 5.89. The third kappa shape index (κ3) is 8.65. The van der Waals surface area contributed by atoms with Crippen LogP contribution in [0, 0.1) is 0 Å². The highest BCUT2D eigenvalue weighted by atomic mass is 16.5. The minimum atomic E-state index is 0.0791. The molecule has 0 spiro atoms. The van der Waals surface area contributed by atoms with E-state index in [0.29, 0.717) is 26.4 Å². The quantitative estimate of drug-likeness (QED) is 0.672. The van der Waals surface area contributed by atoms with Crippen molar-refractivity contribution in [1.82, 2.24) is 10.3 Å². The molecule has 0 aliphatic carbocycles. The van der Waals surface area contributed by atoms with E-state index in [-0.39, 0.29) is 5.54 Å². The Morgan fingerprint density at radius 2 is 1.95 bits per heavy atom. The van der Waals surface area contributed by atoms with Crippen LogP contribution in [-0.4, -0.2) is 44.1 Å². The molecule has 0 radical (unpaired) electrons. The molecule has 0 aliphatic rings. The number of rotatable bonds is 10. The third-order valence-electron chi connectivity index (χ3n) is 2.80. The van der Waals surface area contributed by atoms with Crippen molar-refractivity contribution in [2.24, 2.45) is 0 Å². The molecule has 0 atom stereocenters. The zero-order chi connectivity index (χ0) is 15.6. The van der Waals surface area contributed by atoms with Crippen LogP contribution in [0.1, 0.15) is 32.8 Å². The summed E-state index contributed by atoms with van der Waals surface area (Å²) in [4.78, 5) is 4.13. The van der Waals surface area contributed by atoms with Gasteiger partial charge in [-0.2, -0.15) is 0 Å². The average molecular weight is 296 g/mol. The van der Waals surface area contributed by atoms with Gasteiger partial charge in [-0.15, -0.1) is 0 Å². The van der Waals surface area contributed by atoms with Crippen LogP contribution in [0.25, 0.3) is 0 Å². The van der Waals surface area contributed by atoms with Crippen LogP contribution < -0.4 is 10.1 Å². The number of nitrogens with one attached hydrogen (secondary N) is 1. The van der Waals surface area contributed by atoms with Gasteiger partial charge in [-0.3, -0.25) is 4.98 Å². The first kappa shape index (κ1) is 17.9. The highest BCUT2D eigenvalue weighted by molar-refractivity contribution is 5.29. The second-order valence-electron chi connectivity index (χ2n) is 5.89. The van der Waals surface area contributed by atoms with Crippen LogP contribution >= 0.6 is 0 Å². The van der Waals surface area contributed by atoms with E-state index in [4.69, 9.17) is 14.2 Å². The van der Waals surface area contributed by atoms with E-state index in [1.165, 1.54) is 0 Å². The highest BCUT2D eigenvalue weighted by Gasteiger charge is 2.10. The van der Waals surface area contributed by atoms with Gasteiger partial charge in [0.1, 0.15) is 5.75 Å². The van der Waals surface area contributed by atoms with Crippen LogP contribution in [0.4, 0.5) is 0 Å². The average Bonchev–Trinajstić information content (AvgIpc) is 2.44. The van der Waals surface area contributed by atoms with Crippen LogP contribution in [0.5, 0.6) is 5.75 Å². The fourth-order valence-electron chi connectivity index (χ4n) is 1.63. The molecule has 0 amide bonds. The minimum Gasteiger partial charge on any atom is -0.492 e. The molecule has 5 nitrogen and oxygen atoms in total. The Labute approximate surface area is 128 Å². The Hall–Kier alpha value is -1.17. The lowest BCUT2D eigenvalue weighted by molar-refractivity contribution is 0.0643. The molecular weight excluding hydrogens is 268 g/mol. The molecule has 0 saturated carbocycles. The molecule has 5 heteroatoms. The minimum absolute atomic E-state index is 0.0791. The number of hydrogen-bond acceptors (Lipinski definition) is 5. The topological polar surface area (TPSA) is 52.6 Å². The molecule has 1 aromatic rings. The fraction of sp³-hybridized carbons (Fsp3) is 0.688. The van der Waals surface area contributed by atoms with E-state index in [1.807, 2.05) is 6.07 Å². The van der Waals surface area contributed by atoms with E-state index in [9.17, 15) is 0 Å². The first-order chi connectivity index (χ1) is 10.0. The van der Waals surface area contributed by atoms with Crippen molar-refractivity contribution in [2.75, 3.05) is 33.5 Å². The van der Waals surface area contributed by atoms with Crippen LogP contribution in [-0.2, 0) is 16.0 Å². The molecule has 0 aliphatic heterocycles. The summed E-state index contributed by atoms with van der Waals surface area (Å²) in [6, 6.07) is 1.99. The molecule has 120 valence electrons. The lowest BCUT2D eigenvalue weighted by atomic mass is 10.1. The SMILES string of the molecule is COCCOCCCOc1cnccc1CNC(C)(C)C. The molecule has 1 aromatic heterocycles. The van der Waals surface area contributed by atoms with E-state index in [1.54, 1.807) is 19.5 Å². The van der Waals surface area contributed by atoms with Crippen molar-refractivity contribution in [3.8, 4) is 5.75 Å². The van der Waals surface area contributed by atoms with E-state index in [0.717, 1.165) is 24.3 Å². The highest BCUT2D eigenvalue weighted by Crippen LogP contribution is 2.17. The van der Waals surface area contributed by atoms with Gasteiger partial charge >= 0.3 is 0 Å². The molecule has 0 fully saturated rings. The van der Waals surface area contributed by atoms with E-state index < -0.39 is 0 Å². The third-order valence-corrected chi connectivity index (χ3v) is 2.80. The maximum Gasteiger partial charge on any atom is 0.142 e. The fourth-order valence-corrected chi connectivity index (χ4v) is 1.63. The summed E-state index contributed by atoms with van der Waals surface area (Å²) in [5, 5.41) is 3.46. The zero-order valence-corrected chi connectivity index (χ0v) is 13.6. The van der Waals surface area contributed by atoms with Gasteiger partial charge in [0.05, 0.1) is 26.0 Å². The smallest absolute Gasteiger partial charge is 0.142 e. The summed E-state index contributed by atoms with van der Waals surface area (Å²) in [7, 11) is 1.67. The van der Waals surface area contributed by atoms with Gasteiger partial charge in [0, 0.05) is 44.0 Å². The van der Waals surface area contributed by atoms with Gasteiger partial charge in [-0.25, -0.2) is 0 Å². The maximum atomic E-state index is 5.80. The number of ether oxygens (including phenoxy) is 3. The Morgan fingerprint density at radius 1 is 1.14 bits per heavy atom. The molecule has 0 aromatic carbocycles. The van der Waals surface area contributed by atoms with Crippen molar-refractivity contribution >= 4 is 0 Å². The Kier molecular flexibility index (Phi) is 8.27. The predicted molar refractivity (Wildman–Crippen MR) is 83.6 cm³/mol. The molecule has 0 bridgehead atoms. The summed E-state index contributed by atoms with van der Waals surface area (Å²) >= 11 is 0. The van der Waals surface area contributed by atoms with Crippen LogP contribution in [0.2, 0.25) is 0 Å². The lowest BCUT2D eigenvalue weighted by Gasteiger charge is -2.21. The Balaban J connectivity index is 2.31. The summed E-state index contributed by atoms with van der Waals surface area (Å²) in [5.41, 5.74) is 1.20. The Bertz CT molecular complexity index is 391. The standard InChI is InChI=1S/C16H28N2O3/c1-16(2,3)18-12-14-6-7-17-13-15(14)21-9-5-8-20-11-10-19-4/h6-7,13,18H,5,8-12H2,1-4H3. The van der Waals surface area contributed by atoms with Gasteiger partial charge in [0.15, 0.2) is 0 Å². The molecule has 0 unspecified atom stereocenters. The number of pyridine rings is 1. The number of nitrogens with zero attached hydrogens (tertiary/aromatic N) is 1. The number of hydrogen-bond donors (Lipinski definition) is 1. The monoisotopic (exact) mass is 296 g/mol. The summed E-state index contributed by atoms with van der Waals surface area (Å²) in [6.45, 7) is 9.77. The lowest BCUT2D eigenvalue weighted by Crippen LogP contribution is -2.35. The first-order valence-electron chi connectivity index (χ1n) is 7.40. The summed E-state index contributed by atoms with van der Waals surface area (Å²) < 4.78 is 16.1. The predicted octanol–water partition coefficient (Wildman–Crippen LogP) is 2.40. The normalized spacial score (nSPS) is 11.6. The first-order valence-corrected chi connectivity index (χ1v) is 7.40. The van der Waals surface area contributed by atoms with E-state index in [2.05, 4.69) is 31.1 Å². The molecule has 1 heterocycles. The van der Waals surface area contributed by atoms with Crippen molar-refractivity contribution in [2.45, 2.75) is 39.3 Å². The summed E-state index contributed by atoms with van der Waals surface area (Å²) in [6.07, 6.45) is 4.41. The maximum absolute atomic E-state index is 5.80. The van der Waals surface area contributed by atoms with Crippen molar-refractivity contribution in [1.29, 1.82) is 0 Å².